The van der Waals surface area contributed by atoms with Crippen molar-refractivity contribution < 1.29 is 9.59 Å². The van der Waals surface area contributed by atoms with Gasteiger partial charge in [0.05, 0.1) is 6.04 Å². The van der Waals surface area contributed by atoms with Crippen LogP contribution in [0.4, 0.5) is 0 Å². The Kier molecular flexibility index (Phi) is 5.71. The summed E-state index contributed by atoms with van der Waals surface area (Å²) in [5.74, 6) is 0.477. The van der Waals surface area contributed by atoms with Crippen molar-refractivity contribution in [2.75, 3.05) is 13.1 Å². The van der Waals surface area contributed by atoms with E-state index in [0.29, 0.717) is 17.0 Å². The maximum atomic E-state index is 12.6. The lowest BCUT2D eigenvalue weighted by molar-refractivity contribution is 0.0682. The molecule has 4 heteroatoms. The zero-order chi connectivity index (χ0) is 18.5. The molecule has 2 unspecified atom stereocenters. The first-order valence-electron chi connectivity index (χ1n) is 9.29. The van der Waals surface area contributed by atoms with Crippen LogP contribution in [0.5, 0.6) is 0 Å². The van der Waals surface area contributed by atoms with Gasteiger partial charge in [-0.3, -0.25) is 9.59 Å². The smallest absolute Gasteiger partial charge is 0.253 e. The molecule has 1 aliphatic rings. The summed E-state index contributed by atoms with van der Waals surface area (Å²) >= 11 is 0. The molecule has 26 heavy (non-hydrogen) atoms. The molecule has 1 saturated heterocycles. The van der Waals surface area contributed by atoms with E-state index in [-0.39, 0.29) is 17.9 Å². The van der Waals surface area contributed by atoms with E-state index in [9.17, 15) is 9.59 Å². The summed E-state index contributed by atoms with van der Waals surface area (Å²) in [7, 11) is 0. The third kappa shape index (κ3) is 4.31. The first-order chi connectivity index (χ1) is 12.5. The van der Waals surface area contributed by atoms with E-state index in [1.54, 1.807) is 24.3 Å². The maximum Gasteiger partial charge on any atom is 0.253 e. The number of benzene rings is 2. The second-order valence-electron chi connectivity index (χ2n) is 7.18. The summed E-state index contributed by atoms with van der Waals surface area (Å²) in [5, 5.41) is 3.00. The molecule has 1 heterocycles. The first kappa shape index (κ1) is 18.2. The Morgan fingerprint density at radius 3 is 2.35 bits per heavy atom. The van der Waals surface area contributed by atoms with Gasteiger partial charge in [-0.25, -0.2) is 0 Å². The summed E-state index contributed by atoms with van der Waals surface area (Å²) in [4.78, 5) is 27.0. The lowest BCUT2D eigenvalue weighted by Gasteiger charge is -2.31. The number of piperidine rings is 1. The Bertz CT molecular complexity index is 755. The van der Waals surface area contributed by atoms with Crippen molar-refractivity contribution in [2.45, 2.75) is 32.7 Å². The van der Waals surface area contributed by atoms with Crippen LogP contribution in [0, 0.1) is 5.92 Å². The zero-order valence-electron chi connectivity index (χ0n) is 15.4. The minimum atomic E-state index is -0.132. The van der Waals surface area contributed by atoms with Gasteiger partial charge in [0.25, 0.3) is 11.8 Å². The Balaban J connectivity index is 1.63. The fourth-order valence-corrected chi connectivity index (χ4v) is 3.43. The minimum Gasteiger partial charge on any atom is -0.346 e. The van der Waals surface area contributed by atoms with Gasteiger partial charge < -0.3 is 10.2 Å². The van der Waals surface area contributed by atoms with Crippen molar-refractivity contribution >= 4 is 11.8 Å². The molecule has 0 saturated carbocycles. The van der Waals surface area contributed by atoms with Crippen LogP contribution in [0.3, 0.4) is 0 Å². The molecule has 2 aromatic carbocycles. The third-order valence-electron chi connectivity index (χ3n) is 4.99. The second kappa shape index (κ2) is 8.17. The van der Waals surface area contributed by atoms with Crippen LogP contribution in [0.25, 0.3) is 0 Å². The average Bonchev–Trinajstić information content (AvgIpc) is 2.68. The third-order valence-corrected chi connectivity index (χ3v) is 4.99. The summed E-state index contributed by atoms with van der Waals surface area (Å²) in [6.45, 7) is 5.78. The van der Waals surface area contributed by atoms with Gasteiger partial charge in [-0.15, -0.1) is 0 Å². The summed E-state index contributed by atoms with van der Waals surface area (Å²) in [6.07, 6.45) is 2.24. The second-order valence-corrected chi connectivity index (χ2v) is 7.18. The molecule has 1 N–H and O–H groups in total. The van der Waals surface area contributed by atoms with Crippen LogP contribution in [-0.4, -0.2) is 29.8 Å². The number of hydrogen-bond acceptors (Lipinski definition) is 2. The summed E-state index contributed by atoms with van der Waals surface area (Å²) < 4.78 is 0. The van der Waals surface area contributed by atoms with Crippen LogP contribution >= 0.6 is 0 Å². The molecular weight excluding hydrogens is 324 g/mol. The highest BCUT2D eigenvalue weighted by molar-refractivity contribution is 5.98. The van der Waals surface area contributed by atoms with Crippen LogP contribution in [-0.2, 0) is 0 Å². The molecule has 1 aliphatic heterocycles. The fourth-order valence-electron chi connectivity index (χ4n) is 3.43. The van der Waals surface area contributed by atoms with Gasteiger partial charge in [-0.2, -0.15) is 0 Å². The van der Waals surface area contributed by atoms with E-state index in [0.717, 1.165) is 25.1 Å². The first-order valence-corrected chi connectivity index (χ1v) is 9.29. The molecule has 2 aromatic rings. The molecule has 0 aliphatic carbocycles. The van der Waals surface area contributed by atoms with E-state index >= 15 is 0 Å². The predicted octanol–water partition coefficient (Wildman–Crippen LogP) is 4.05. The molecule has 0 aromatic heterocycles. The van der Waals surface area contributed by atoms with Crippen molar-refractivity contribution in [3.8, 4) is 0 Å². The van der Waals surface area contributed by atoms with Gasteiger partial charge in [0, 0.05) is 24.2 Å². The molecule has 2 atom stereocenters. The Labute approximate surface area is 155 Å². The Morgan fingerprint density at radius 1 is 1.04 bits per heavy atom. The van der Waals surface area contributed by atoms with E-state index in [2.05, 4.69) is 12.2 Å². The zero-order valence-corrected chi connectivity index (χ0v) is 15.4. The minimum absolute atomic E-state index is 0.0566. The number of likely N-dealkylation sites (tertiary alicyclic amines) is 1. The van der Waals surface area contributed by atoms with Gasteiger partial charge in [0.1, 0.15) is 0 Å². The highest BCUT2D eigenvalue weighted by Gasteiger charge is 2.22. The quantitative estimate of drug-likeness (QED) is 0.904. The van der Waals surface area contributed by atoms with E-state index < -0.39 is 0 Å². The van der Waals surface area contributed by atoms with E-state index in [4.69, 9.17) is 0 Å². The van der Waals surface area contributed by atoms with Crippen molar-refractivity contribution in [2.24, 2.45) is 5.92 Å². The Hall–Kier alpha value is -2.62. The van der Waals surface area contributed by atoms with Crippen LogP contribution in [0.15, 0.2) is 54.6 Å². The number of carbonyl (C=O) groups is 2. The monoisotopic (exact) mass is 350 g/mol. The molecule has 2 amide bonds. The Morgan fingerprint density at radius 2 is 1.69 bits per heavy atom. The molecular formula is C22H26N2O2. The molecule has 0 bridgehead atoms. The fraction of sp³-hybridized carbons (Fsp3) is 0.364. The predicted molar refractivity (Wildman–Crippen MR) is 103 cm³/mol. The van der Waals surface area contributed by atoms with Gasteiger partial charge in [0.2, 0.25) is 0 Å². The highest BCUT2D eigenvalue weighted by atomic mass is 16.2. The molecule has 4 nitrogen and oxygen atoms in total. The molecule has 136 valence electrons. The summed E-state index contributed by atoms with van der Waals surface area (Å²) in [6, 6.07) is 16.8. The van der Waals surface area contributed by atoms with Crippen molar-refractivity contribution in [3.05, 3.63) is 71.3 Å². The standard InChI is InChI=1S/C22H26N2O2/c1-16-7-6-14-24(15-16)22(26)20-12-10-19(11-13-20)21(25)23-17(2)18-8-4-3-5-9-18/h3-5,8-13,16-17H,6-7,14-15H2,1-2H3,(H,23,25). The highest BCUT2D eigenvalue weighted by Crippen LogP contribution is 2.18. The normalized spacial score (nSPS) is 18.2. The van der Waals surface area contributed by atoms with Crippen molar-refractivity contribution in [1.82, 2.24) is 10.2 Å². The number of carbonyl (C=O) groups excluding carboxylic acids is 2. The van der Waals surface area contributed by atoms with Crippen LogP contribution in [0.2, 0.25) is 0 Å². The molecule has 0 spiro atoms. The number of nitrogens with one attached hydrogen (secondary N) is 1. The van der Waals surface area contributed by atoms with E-state index in [1.807, 2.05) is 42.2 Å². The number of rotatable bonds is 4. The van der Waals surface area contributed by atoms with Crippen molar-refractivity contribution in [3.63, 3.8) is 0 Å². The number of hydrogen-bond donors (Lipinski definition) is 1. The molecule has 0 radical (unpaired) electrons. The lowest BCUT2D eigenvalue weighted by Crippen LogP contribution is -2.39. The van der Waals surface area contributed by atoms with Gasteiger partial charge >= 0.3 is 0 Å². The van der Waals surface area contributed by atoms with Gasteiger partial charge in [-0.05, 0) is 55.5 Å². The van der Waals surface area contributed by atoms with Gasteiger partial charge in [-0.1, -0.05) is 37.3 Å². The number of amides is 2. The van der Waals surface area contributed by atoms with Crippen LogP contribution < -0.4 is 5.32 Å². The van der Waals surface area contributed by atoms with Gasteiger partial charge in [0.15, 0.2) is 0 Å². The largest absolute Gasteiger partial charge is 0.346 e. The topological polar surface area (TPSA) is 49.4 Å². The maximum absolute atomic E-state index is 12.6. The molecule has 1 fully saturated rings. The lowest BCUT2D eigenvalue weighted by atomic mass is 9.99. The molecule has 3 rings (SSSR count). The SMILES string of the molecule is CC1CCCN(C(=O)c2ccc(C(=O)NC(C)c3ccccc3)cc2)C1. The average molecular weight is 350 g/mol. The summed E-state index contributed by atoms with van der Waals surface area (Å²) in [5.41, 5.74) is 2.27. The number of nitrogens with zero attached hydrogens (tertiary/aromatic N) is 1. The van der Waals surface area contributed by atoms with E-state index in [1.165, 1.54) is 6.42 Å². The van der Waals surface area contributed by atoms with Crippen LogP contribution in [0.1, 0.15) is 59.0 Å². The van der Waals surface area contributed by atoms with Crippen molar-refractivity contribution in [1.29, 1.82) is 0 Å².